The molecule has 1 saturated heterocycles. The van der Waals surface area contributed by atoms with Crippen molar-refractivity contribution in [2.75, 3.05) is 26.9 Å². The Kier molecular flexibility index (Phi) is 13.2. The Morgan fingerprint density at radius 1 is 1.32 bits per heavy atom. The van der Waals surface area contributed by atoms with E-state index in [1.165, 1.54) is 31.4 Å². The second-order valence-electron chi connectivity index (χ2n) is 6.87. The van der Waals surface area contributed by atoms with Crippen LogP contribution in [0.2, 0.25) is 5.02 Å². The highest BCUT2D eigenvalue weighted by atomic mass is 35.5. The Labute approximate surface area is 199 Å². The van der Waals surface area contributed by atoms with Gasteiger partial charge in [-0.2, -0.15) is 0 Å². The average Bonchev–Trinajstić information content (AvgIpc) is 3.51. The van der Waals surface area contributed by atoms with Gasteiger partial charge in [-0.1, -0.05) is 25.1 Å². The maximum absolute atomic E-state index is 13.2. The van der Waals surface area contributed by atoms with E-state index in [1.807, 2.05) is 6.92 Å². The van der Waals surface area contributed by atoms with Gasteiger partial charge in [0.25, 0.3) is 5.91 Å². The summed E-state index contributed by atoms with van der Waals surface area (Å²) >= 11 is 5.56. The first-order valence-electron chi connectivity index (χ1n) is 10.0. The van der Waals surface area contributed by atoms with E-state index in [-0.39, 0.29) is 23.3 Å². The zero-order valence-electron chi connectivity index (χ0n) is 18.7. The molecule has 1 aromatic carbocycles. The molecular formula is C21H26ClF4N3O5. The predicted molar refractivity (Wildman–Crippen MR) is 115 cm³/mol. The van der Waals surface area contributed by atoms with Gasteiger partial charge in [0, 0.05) is 38.0 Å². The quantitative estimate of drug-likeness (QED) is 0.522. The number of amides is 1. The summed E-state index contributed by atoms with van der Waals surface area (Å²) in [6.45, 7) is 7.37. The highest BCUT2D eigenvalue weighted by Crippen LogP contribution is 2.21. The van der Waals surface area contributed by atoms with E-state index in [9.17, 15) is 22.4 Å². The molecule has 190 valence electrons. The van der Waals surface area contributed by atoms with E-state index in [0.717, 1.165) is 19.3 Å². The van der Waals surface area contributed by atoms with Crippen molar-refractivity contribution >= 4 is 17.5 Å². The normalized spacial score (nSPS) is 13.6. The molecule has 0 aliphatic carbocycles. The molecule has 34 heavy (non-hydrogen) atoms. The number of carbonyl (C=O) groups excluding carboxylic acids is 1. The number of allylic oxidation sites excluding steroid dienone is 1. The summed E-state index contributed by atoms with van der Waals surface area (Å²) < 4.78 is 63.1. The Hall–Kier alpha value is -2.70. The fourth-order valence-electron chi connectivity index (χ4n) is 2.36. The maximum atomic E-state index is 13.2. The smallest absolute Gasteiger partial charge is 0.484 e. The lowest BCUT2D eigenvalue weighted by Gasteiger charge is -2.12. The van der Waals surface area contributed by atoms with Crippen molar-refractivity contribution in [1.29, 1.82) is 0 Å². The number of hydrogen-bond acceptors (Lipinski definition) is 7. The predicted octanol–water partition coefficient (Wildman–Crippen LogP) is 5.01. The van der Waals surface area contributed by atoms with Crippen molar-refractivity contribution in [3.8, 4) is 5.75 Å². The van der Waals surface area contributed by atoms with Crippen LogP contribution in [-0.2, 0) is 14.3 Å². The van der Waals surface area contributed by atoms with Crippen LogP contribution in [0.1, 0.15) is 38.0 Å². The van der Waals surface area contributed by atoms with Gasteiger partial charge < -0.3 is 19.2 Å². The van der Waals surface area contributed by atoms with Crippen molar-refractivity contribution in [2.45, 2.75) is 38.5 Å². The molecule has 1 N–H and O–H groups in total. The van der Waals surface area contributed by atoms with Crippen molar-refractivity contribution in [3.63, 3.8) is 0 Å². The minimum atomic E-state index is -4.46. The number of methoxy groups -OCH3 is 1. The zero-order valence-corrected chi connectivity index (χ0v) is 19.4. The Bertz CT molecular complexity index is 870. The number of ether oxygens (including phenoxy) is 3. The number of aromatic nitrogens is 2. The lowest BCUT2D eigenvalue weighted by Crippen LogP contribution is -2.28. The first kappa shape index (κ1) is 29.3. The van der Waals surface area contributed by atoms with E-state index >= 15 is 0 Å². The summed E-state index contributed by atoms with van der Waals surface area (Å²) in [4.78, 5) is 11.8. The molecule has 1 aromatic heterocycles. The summed E-state index contributed by atoms with van der Waals surface area (Å²) in [6, 6.07) is 3.95. The highest BCUT2D eigenvalue weighted by molar-refractivity contribution is 6.30. The first-order valence-corrected chi connectivity index (χ1v) is 10.4. The van der Waals surface area contributed by atoms with Crippen LogP contribution in [0, 0.1) is 5.82 Å². The highest BCUT2D eigenvalue weighted by Gasteiger charge is 2.25. The molecule has 1 unspecified atom stereocenters. The van der Waals surface area contributed by atoms with Crippen LogP contribution in [-0.4, -0.2) is 49.4 Å². The van der Waals surface area contributed by atoms with Crippen molar-refractivity contribution < 1.29 is 41.0 Å². The number of hydrogen-bond donors (Lipinski definition) is 1. The number of nitrogens with zero attached hydrogens (tertiary/aromatic N) is 2. The SMILES string of the molecule is C1CCOC1.C=C(CC(C)c1nnco1)NC(=O)COc1ccc(Cl)c(F)c1.COC(F)(F)F. The Morgan fingerprint density at radius 2 is 1.97 bits per heavy atom. The van der Waals surface area contributed by atoms with Gasteiger partial charge in [0.1, 0.15) is 11.6 Å². The summed E-state index contributed by atoms with van der Waals surface area (Å²) in [5, 5.41) is 9.98. The minimum Gasteiger partial charge on any atom is -0.484 e. The molecule has 1 aliphatic rings. The van der Waals surface area contributed by atoms with Crippen molar-refractivity contribution in [1.82, 2.24) is 15.5 Å². The fraction of sp³-hybridized carbons (Fsp3) is 0.476. The molecule has 1 atom stereocenters. The molecule has 13 heteroatoms. The van der Waals surface area contributed by atoms with Crippen LogP contribution >= 0.6 is 11.6 Å². The fourth-order valence-corrected chi connectivity index (χ4v) is 2.48. The van der Waals surface area contributed by atoms with Gasteiger partial charge in [0.15, 0.2) is 6.61 Å². The third-order valence-electron chi connectivity index (χ3n) is 3.99. The van der Waals surface area contributed by atoms with Gasteiger partial charge in [0.2, 0.25) is 12.3 Å². The molecule has 0 bridgehead atoms. The molecule has 2 heterocycles. The van der Waals surface area contributed by atoms with Crippen molar-refractivity contribution in [3.05, 3.63) is 53.6 Å². The third-order valence-corrected chi connectivity index (χ3v) is 4.29. The van der Waals surface area contributed by atoms with Crippen LogP contribution in [0.3, 0.4) is 0 Å². The van der Waals surface area contributed by atoms with Crippen molar-refractivity contribution in [2.24, 2.45) is 0 Å². The van der Waals surface area contributed by atoms with Gasteiger partial charge in [-0.15, -0.1) is 23.4 Å². The van der Waals surface area contributed by atoms with E-state index < -0.39 is 18.1 Å². The number of benzene rings is 1. The second-order valence-corrected chi connectivity index (χ2v) is 7.28. The monoisotopic (exact) mass is 511 g/mol. The zero-order chi connectivity index (χ0) is 25.6. The molecule has 3 rings (SSSR count). The lowest BCUT2D eigenvalue weighted by molar-refractivity contribution is -0.311. The summed E-state index contributed by atoms with van der Waals surface area (Å²) in [5.74, 6) is -0.401. The molecule has 0 radical (unpaired) electrons. The number of alkyl halides is 3. The first-order chi connectivity index (χ1) is 16.0. The van der Waals surface area contributed by atoms with Crippen LogP contribution < -0.4 is 10.1 Å². The molecule has 1 fully saturated rings. The van der Waals surface area contributed by atoms with E-state index in [4.69, 9.17) is 25.5 Å². The van der Waals surface area contributed by atoms with Crippen LogP contribution in [0.15, 0.2) is 41.3 Å². The standard InChI is InChI=1S/C15H15ClFN3O3.C4H8O.C2H3F3O/c1-9(15-20-18-8-23-15)5-10(2)19-14(21)7-22-11-3-4-12(16)13(17)6-11;1-2-4-5-3-1;1-6-2(3,4)5/h3-4,6,8-9H,2,5,7H2,1H3,(H,19,21);1-4H2;1H3. The number of halogens is 5. The average molecular weight is 512 g/mol. The number of carbonyl (C=O) groups is 1. The summed E-state index contributed by atoms with van der Waals surface area (Å²) in [6.07, 6.45) is -0.213. The molecule has 1 amide bonds. The second kappa shape index (κ2) is 15.3. The lowest BCUT2D eigenvalue weighted by atomic mass is 10.1. The van der Waals surface area contributed by atoms with E-state index in [0.29, 0.717) is 25.1 Å². The largest absolute Gasteiger partial charge is 0.522 e. The van der Waals surface area contributed by atoms with Gasteiger partial charge in [-0.25, -0.2) is 4.39 Å². The Morgan fingerprint density at radius 3 is 2.44 bits per heavy atom. The van der Waals surface area contributed by atoms with Gasteiger partial charge in [-0.3, -0.25) is 9.53 Å². The molecule has 0 spiro atoms. The maximum Gasteiger partial charge on any atom is 0.522 e. The third kappa shape index (κ3) is 13.1. The van der Waals surface area contributed by atoms with E-state index in [1.54, 1.807) is 0 Å². The molecule has 1 aliphatic heterocycles. The summed E-state index contributed by atoms with van der Waals surface area (Å²) in [5.41, 5.74) is 0.492. The van der Waals surface area contributed by atoms with Gasteiger partial charge >= 0.3 is 6.36 Å². The molecule has 8 nitrogen and oxygen atoms in total. The van der Waals surface area contributed by atoms with Crippen LogP contribution in [0.25, 0.3) is 0 Å². The van der Waals surface area contributed by atoms with Crippen LogP contribution in [0.5, 0.6) is 5.75 Å². The summed E-state index contributed by atoms with van der Waals surface area (Å²) in [7, 11) is 0.583. The Balaban J connectivity index is 0.000000431. The minimum absolute atomic E-state index is 0.00908. The van der Waals surface area contributed by atoms with Gasteiger partial charge in [0.05, 0.1) is 5.02 Å². The number of rotatable bonds is 7. The van der Waals surface area contributed by atoms with E-state index in [2.05, 4.69) is 26.8 Å². The van der Waals surface area contributed by atoms with Crippen LogP contribution in [0.4, 0.5) is 17.6 Å². The van der Waals surface area contributed by atoms with Gasteiger partial charge in [-0.05, 0) is 31.4 Å². The molecule has 2 aromatic rings. The molecule has 0 saturated carbocycles. The molecular weight excluding hydrogens is 486 g/mol. The number of nitrogens with one attached hydrogen (secondary N) is 1. The topological polar surface area (TPSA) is 95.7 Å².